The molecule has 0 aliphatic rings. The van der Waals surface area contributed by atoms with Crippen molar-refractivity contribution >= 4 is 11.7 Å². The van der Waals surface area contributed by atoms with E-state index < -0.39 is 0 Å². The number of rotatable bonds is 7. The molecule has 2 aromatic heterocycles. The molecule has 0 atom stereocenters. The molecule has 0 aliphatic heterocycles. The molecule has 6 heteroatoms. The van der Waals surface area contributed by atoms with Crippen LogP contribution in [0.2, 0.25) is 0 Å². The van der Waals surface area contributed by atoms with E-state index in [1.54, 1.807) is 31.6 Å². The molecule has 6 nitrogen and oxygen atoms in total. The lowest BCUT2D eigenvalue weighted by molar-refractivity contribution is 0.0951. The highest BCUT2D eigenvalue weighted by Crippen LogP contribution is 2.12. The second kappa shape index (κ2) is 8.62. The highest BCUT2D eigenvalue weighted by molar-refractivity contribution is 5.94. The van der Waals surface area contributed by atoms with Gasteiger partial charge in [0, 0.05) is 24.5 Å². The van der Waals surface area contributed by atoms with Gasteiger partial charge in [0.15, 0.2) is 0 Å². The number of amides is 1. The molecule has 0 saturated carbocycles. The van der Waals surface area contributed by atoms with Crippen LogP contribution in [0.1, 0.15) is 21.6 Å². The summed E-state index contributed by atoms with van der Waals surface area (Å²) in [5, 5.41) is 6.08. The molecule has 0 bridgehead atoms. The third-order valence-electron chi connectivity index (χ3n) is 3.81. The summed E-state index contributed by atoms with van der Waals surface area (Å²) in [6.45, 7) is 0.993. The topological polar surface area (TPSA) is 76.1 Å². The first-order valence-electron chi connectivity index (χ1n) is 8.25. The van der Waals surface area contributed by atoms with Crippen LogP contribution in [0, 0.1) is 0 Å². The third kappa shape index (κ3) is 4.80. The van der Waals surface area contributed by atoms with E-state index in [1.165, 1.54) is 0 Å². The molecule has 0 fully saturated rings. The molecule has 1 amide bonds. The van der Waals surface area contributed by atoms with Crippen LogP contribution in [-0.2, 0) is 13.1 Å². The fraction of sp³-hybridized carbons (Fsp3) is 0.150. The summed E-state index contributed by atoms with van der Waals surface area (Å²) in [6, 6.07) is 16.7. The van der Waals surface area contributed by atoms with Gasteiger partial charge in [0.25, 0.3) is 5.91 Å². The number of pyridine rings is 2. The van der Waals surface area contributed by atoms with Crippen molar-refractivity contribution in [1.82, 2.24) is 15.3 Å². The molecule has 0 aliphatic carbocycles. The first kappa shape index (κ1) is 17.4. The van der Waals surface area contributed by atoms with E-state index in [1.807, 2.05) is 42.5 Å². The van der Waals surface area contributed by atoms with Crippen molar-refractivity contribution in [3.8, 4) is 5.75 Å². The second-order valence-electron chi connectivity index (χ2n) is 5.64. The van der Waals surface area contributed by atoms with Crippen molar-refractivity contribution < 1.29 is 9.53 Å². The Morgan fingerprint density at radius 1 is 1.00 bits per heavy atom. The number of nitrogens with zero attached hydrogens (tertiary/aromatic N) is 2. The van der Waals surface area contributed by atoms with Crippen LogP contribution in [0.25, 0.3) is 0 Å². The molecular formula is C20H20N4O2. The van der Waals surface area contributed by atoms with E-state index >= 15 is 0 Å². The molecule has 0 spiro atoms. The predicted octanol–water partition coefficient (Wildman–Crippen LogP) is 3.03. The van der Waals surface area contributed by atoms with E-state index in [9.17, 15) is 4.79 Å². The van der Waals surface area contributed by atoms with Gasteiger partial charge in [-0.25, -0.2) is 4.98 Å². The first-order valence-corrected chi connectivity index (χ1v) is 8.25. The second-order valence-corrected chi connectivity index (χ2v) is 5.64. The Kier molecular flexibility index (Phi) is 5.77. The summed E-state index contributed by atoms with van der Waals surface area (Å²) in [7, 11) is 1.62. The van der Waals surface area contributed by atoms with Gasteiger partial charge < -0.3 is 15.4 Å². The molecule has 3 rings (SSSR count). The maximum absolute atomic E-state index is 12.4. The number of aromatic nitrogens is 2. The Morgan fingerprint density at radius 3 is 2.58 bits per heavy atom. The van der Waals surface area contributed by atoms with Gasteiger partial charge in [0.2, 0.25) is 0 Å². The molecule has 132 valence electrons. The van der Waals surface area contributed by atoms with Crippen LogP contribution in [-0.4, -0.2) is 23.0 Å². The minimum atomic E-state index is -0.149. The quantitative estimate of drug-likeness (QED) is 0.686. The third-order valence-corrected chi connectivity index (χ3v) is 3.81. The van der Waals surface area contributed by atoms with Crippen LogP contribution in [0.15, 0.2) is 67.0 Å². The average molecular weight is 348 g/mol. The molecule has 0 radical (unpaired) electrons. The minimum Gasteiger partial charge on any atom is -0.497 e. The van der Waals surface area contributed by atoms with Gasteiger partial charge in [-0.1, -0.05) is 18.2 Å². The Labute approximate surface area is 152 Å². The standard InChI is InChI=1S/C20H20N4O2/c1-26-18-7-5-15(6-8-18)13-24-20(25)16-9-11-22-19(12-16)23-14-17-4-2-3-10-21-17/h2-12H,13-14H2,1H3,(H,22,23)(H,24,25). The van der Waals surface area contributed by atoms with Gasteiger partial charge in [0.05, 0.1) is 19.3 Å². The number of anilines is 1. The minimum absolute atomic E-state index is 0.149. The fourth-order valence-electron chi connectivity index (χ4n) is 2.38. The van der Waals surface area contributed by atoms with Crippen molar-refractivity contribution in [2.45, 2.75) is 13.1 Å². The van der Waals surface area contributed by atoms with Crippen molar-refractivity contribution in [3.05, 3.63) is 83.8 Å². The van der Waals surface area contributed by atoms with E-state index in [0.29, 0.717) is 24.5 Å². The van der Waals surface area contributed by atoms with Gasteiger partial charge >= 0.3 is 0 Å². The van der Waals surface area contributed by atoms with Gasteiger partial charge in [0.1, 0.15) is 11.6 Å². The van der Waals surface area contributed by atoms with Crippen LogP contribution in [0.5, 0.6) is 5.75 Å². The van der Waals surface area contributed by atoms with Crippen molar-refractivity contribution in [3.63, 3.8) is 0 Å². The molecule has 0 unspecified atom stereocenters. The maximum atomic E-state index is 12.4. The SMILES string of the molecule is COc1ccc(CNC(=O)c2ccnc(NCc3ccccn3)c2)cc1. The number of hydrogen-bond donors (Lipinski definition) is 2. The number of benzene rings is 1. The van der Waals surface area contributed by atoms with Crippen LogP contribution >= 0.6 is 0 Å². The van der Waals surface area contributed by atoms with Crippen LogP contribution < -0.4 is 15.4 Å². The number of methoxy groups -OCH3 is 1. The Hall–Kier alpha value is -3.41. The Bertz CT molecular complexity index is 851. The lowest BCUT2D eigenvalue weighted by atomic mass is 10.2. The van der Waals surface area contributed by atoms with Crippen molar-refractivity contribution in [1.29, 1.82) is 0 Å². The summed E-state index contributed by atoms with van der Waals surface area (Å²) < 4.78 is 5.13. The molecule has 1 aromatic carbocycles. The summed E-state index contributed by atoms with van der Waals surface area (Å²) >= 11 is 0. The molecule has 2 heterocycles. The monoisotopic (exact) mass is 348 g/mol. The number of nitrogens with one attached hydrogen (secondary N) is 2. The van der Waals surface area contributed by atoms with Gasteiger partial charge in [-0.2, -0.15) is 0 Å². The zero-order valence-electron chi connectivity index (χ0n) is 14.5. The lowest BCUT2D eigenvalue weighted by Crippen LogP contribution is -2.23. The number of hydrogen-bond acceptors (Lipinski definition) is 5. The number of carbonyl (C=O) groups excluding carboxylic acids is 1. The summed E-state index contributed by atoms with van der Waals surface area (Å²) in [6.07, 6.45) is 3.36. The summed E-state index contributed by atoms with van der Waals surface area (Å²) in [4.78, 5) is 20.9. The Balaban J connectivity index is 1.57. The number of ether oxygens (including phenoxy) is 1. The highest BCUT2D eigenvalue weighted by Gasteiger charge is 2.07. The van der Waals surface area contributed by atoms with E-state index in [-0.39, 0.29) is 5.91 Å². The highest BCUT2D eigenvalue weighted by atomic mass is 16.5. The molecule has 26 heavy (non-hydrogen) atoms. The van der Waals surface area contributed by atoms with E-state index in [4.69, 9.17) is 4.74 Å². The van der Waals surface area contributed by atoms with Gasteiger partial charge in [-0.05, 0) is 42.0 Å². The normalized spacial score (nSPS) is 10.2. The fourth-order valence-corrected chi connectivity index (χ4v) is 2.38. The number of carbonyl (C=O) groups is 1. The van der Waals surface area contributed by atoms with Crippen molar-refractivity contribution in [2.75, 3.05) is 12.4 Å². The van der Waals surface area contributed by atoms with E-state index in [0.717, 1.165) is 17.0 Å². The summed E-state index contributed by atoms with van der Waals surface area (Å²) in [5.74, 6) is 1.27. The lowest BCUT2D eigenvalue weighted by Gasteiger charge is -2.09. The molecule has 2 N–H and O–H groups in total. The predicted molar refractivity (Wildman–Crippen MR) is 100.0 cm³/mol. The molecular weight excluding hydrogens is 328 g/mol. The van der Waals surface area contributed by atoms with E-state index in [2.05, 4.69) is 20.6 Å². The maximum Gasteiger partial charge on any atom is 0.251 e. The van der Waals surface area contributed by atoms with Crippen LogP contribution in [0.3, 0.4) is 0 Å². The van der Waals surface area contributed by atoms with Gasteiger partial charge in [-0.15, -0.1) is 0 Å². The van der Waals surface area contributed by atoms with Crippen molar-refractivity contribution in [2.24, 2.45) is 0 Å². The van der Waals surface area contributed by atoms with Crippen LogP contribution in [0.4, 0.5) is 5.82 Å². The zero-order chi connectivity index (χ0) is 18.2. The smallest absolute Gasteiger partial charge is 0.251 e. The van der Waals surface area contributed by atoms with Gasteiger partial charge in [-0.3, -0.25) is 9.78 Å². The molecule has 0 saturated heterocycles. The molecule has 3 aromatic rings. The summed E-state index contributed by atoms with van der Waals surface area (Å²) in [5.41, 5.74) is 2.46. The first-order chi connectivity index (χ1) is 12.7. The largest absolute Gasteiger partial charge is 0.497 e. The zero-order valence-corrected chi connectivity index (χ0v) is 14.5. The average Bonchev–Trinajstić information content (AvgIpc) is 2.72. The Morgan fingerprint density at radius 2 is 1.85 bits per heavy atom.